The Morgan fingerprint density at radius 2 is 2.19 bits per heavy atom. The lowest BCUT2D eigenvalue weighted by molar-refractivity contribution is 0.398. The molecule has 0 aromatic carbocycles. The van der Waals surface area contributed by atoms with E-state index in [0.29, 0.717) is 5.88 Å². The predicted octanol–water partition coefficient (Wildman–Crippen LogP) is 2.79. The fourth-order valence-electron chi connectivity index (χ4n) is 1.79. The molecule has 7 heteroatoms. The van der Waals surface area contributed by atoms with E-state index in [-0.39, 0.29) is 0 Å². The van der Waals surface area contributed by atoms with Gasteiger partial charge in [0.1, 0.15) is 11.3 Å². The van der Waals surface area contributed by atoms with Crippen LogP contribution >= 0.6 is 22.6 Å². The Bertz CT molecular complexity index is 782. The summed E-state index contributed by atoms with van der Waals surface area (Å²) >= 11 is 2.27. The van der Waals surface area contributed by atoms with Gasteiger partial charge in [-0.1, -0.05) is 0 Å². The Morgan fingerprint density at radius 1 is 1.29 bits per heavy atom. The van der Waals surface area contributed by atoms with Gasteiger partial charge in [0.2, 0.25) is 5.88 Å². The lowest BCUT2D eigenvalue weighted by Crippen LogP contribution is -1.92. The molecule has 0 saturated heterocycles. The largest absolute Gasteiger partial charge is 0.481 e. The van der Waals surface area contributed by atoms with Crippen LogP contribution in [0.1, 0.15) is 5.69 Å². The van der Waals surface area contributed by atoms with Crippen LogP contribution in [0, 0.1) is 3.57 Å². The van der Waals surface area contributed by atoms with Crippen LogP contribution in [0.4, 0.5) is 5.69 Å². The van der Waals surface area contributed by atoms with Crippen LogP contribution in [0.25, 0.3) is 5.65 Å². The van der Waals surface area contributed by atoms with E-state index in [1.54, 1.807) is 25.6 Å². The maximum Gasteiger partial charge on any atom is 0.213 e. The number of fused-ring (bicyclic) bond motifs is 1. The number of ether oxygens (including phenoxy) is 1. The minimum Gasteiger partial charge on any atom is -0.481 e. The summed E-state index contributed by atoms with van der Waals surface area (Å²) in [6.45, 7) is 0. The highest BCUT2D eigenvalue weighted by atomic mass is 127. The van der Waals surface area contributed by atoms with Crippen LogP contribution in [0.5, 0.6) is 5.88 Å². The second kappa shape index (κ2) is 6.08. The van der Waals surface area contributed by atoms with Gasteiger partial charge in [-0.15, -0.1) is 0 Å². The van der Waals surface area contributed by atoms with Crippen LogP contribution < -0.4 is 10.2 Å². The smallest absolute Gasteiger partial charge is 0.213 e. The van der Waals surface area contributed by atoms with Gasteiger partial charge in [0.05, 0.1) is 25.2 Å². The van der Waals surface area contributed by atoms with Crippen LogP contribution in [-0.4, -0.2) is 27.7 Å². The number of halogens is 1. The first-order valence-electron chi connectivity index (χ1n) is 6.18. The highest BCUT2D eigenvalue weighted by molar-refractivity contribution is 14.1. The quantitative estimate of drug-likeness (QED) is 0.421. The average Bonchev–Trinajstić information content (AvgIpc) is 2.89. The minimum atomic E-state index is 0.569. The zero-order valence-electron chi connectivity index (χ0n) is 11.2. The third-order valence-electron chi connectivity index (χ3n) is 2.77. The molecule has 0 atom stereocenters. The molecule has 6 nitrogen and oxygen atoms in total. The summed E-state index contributed by atoms with van der Waals surface area (Å²) in [5, 5.41) is 4.15. The lowest BCUT2D eigenvalue weighted by atomic mass is 10.4. The number of nitrogens with one attached hydrogen (secondary N) is 1. The number of nitrogens with zero attached hydrogens (tertiary/aromatic N) is 4. The molecule has 0 aliphatic rings. The maximum atomic E-state index is 5.00. The summed E-state index contributed by atoms with van der Waals surface area (Å²) in [7, 11) is 1.58. The average molecular weight is 393 g/mol. The van der Waals surface area contributed by atoms with Crippen LogP contribution in [-0.2, 0) is 0 Å². The first-order chi connectivity index (χ1) is 10.2. The van der Waals surface area contributed by atoms with Crippen molar-refractivity contribution in [2.45, 2.75) is 0 Å². The molecule has 0 radical (unpaired) electrons. The van der Waals surface area contributed by atoms with Gasteiger partial charge in [-0.3, -0.25) is 5.43 Å². The van der Waals surface area contributed by atoms with Gasteiger partial charge >= 0.3 is 0 Å². The van der Waals surface area contributed by atoms with Crippen molar-refractivity contribution in [3.63, 3.8) is 0 Å². The second-order valence-electron chi connectivity index (χ2n) is 4.24. The number of hydrogen-bond acceptors (Lipinski definition) is 5. The molecule has 0 spiro atoms. The summed E-state index contributed by atoms with van der Waals surface area (Å²) in [6.07, 6.45) is 7.27. The molecule has 0 fully saturated rings. The number of methoxy groups -OCH3 is 1. The third-order valence-corrected chi connectivity index (χ3v) is 3.41. The van der Waals surface area contributed by atoms with E-state index >= 15 is 0 Å². The molecule has 1 N–H and O–H groups in total. The molecule has 106 valence electrons. The molecule has 3 rings (SSSR count). The standard InChI is InChI=1S/C14H12IN5O/c1-21-14-5-3-11(6-16-14)19-17-7-12-9-20-8-10(15)2-4-13(20)18-12/h2-9,19H,1H3. The van der Waals surface area contributed by atoms with Crippen LogP contribution in [0.2, 0.25) is 0 Å². The topological polar surface area (TPSA) is 63.8 Å². The van der Waals surface area contributed by atoms with Gasteiger partial charge in [0.25, 0.3) is 0 Å². The van der Waals surface area contributed by atoms with Crippen molar-refractivity contribution in [3.05, 3.63) is 52.1 Å². The van der Waals surface area contributed by atoms with E-state index < -0.39 is 0 Å². The Hall–Kier alpha value is -2.16. The zero-order chi connectivity index (χ0) is 14.7. The first-order valence-corrected chi connectivity index (χ1v) is 7.26. The molecule has 0 amide bonds. The van der Waals surface area contributed by atoms with E-state index in [2.05, 4.69) is 43.1 Å². The van der Waals surface area contributed by atoms with Gasteiger partial charge in [-0.05, 0) is 40.8 Å². The number of imidazole rings is 1. The fraction of sp³-hybridized carbons (Fsp3) is 0.0714. The van der Waals surface area contributed by atoms with Crippen LogP contribution in [0.15, 0.2) is 48.0 Å². The lowest BCUT2D eigenvalue weighted by Gasteiger charge is -2.00. The third kappa shape index (κ3) is 3.30. The summed E-state index contributed by atoms with van der Waals surface area (Å²) in [5.41, 5.74) is 5.36. The van der Waals surface area contributed by atoms with Crippen molar-refractivity contribution in [2.75, 3.05) is 12.5 Å². The second-order valence-corrected chi connectivity index (χ2v) is 5.48. The normalized spacial score (nSPS) is 11.1. The van der Waals surface area contributed by atoms with Crippen molar-refractivity contribution in [1.29, 1.82) is 0 Å². The molecule has 0 unspecified atom stereocenters. The summed E-state index contributed by atoms with van der Waals surface area (Å²) in [6, 6.07) is 7.60. The zero-order valence-corrected chi connectivity index (χ0v) is 13.4. The number of pyridine rings is 2. The monoisotopic (exact) mass is 393 g/mol. The van der Waals surface area contributed by atoms with Gasteiger partial charge in [-0.25, -0.2) is 9.97 Å². The van der Waals surface area contributed by atoms with Gasteiger partial charge in [0.15, 0.2) is 0 Å². The van der Waals surface area contributed by atoms with E-state index in [9.17, 15) is 0 Å². The molecule has 0 saturated carbocycles. The summed E-state index contributed by atoms with van der Waals surface area (Å²) in [4.78, 5) is 8.54. The van der Waals surface area contributed by atoms with Crippen molar-refractivity contribution < 1.29 is 4.74 Å². The summed E-state index contributed by atoms with van der Waals surface area (Å²) < 4.78 is 8.12. The summed E-state index contributed by atoms with van der Waals surface area (Å²) in [5.74, 6) is 0.569. The van der Waals surface area contributed by atoms with Gasteiger partial charge < -0.3 is 9.14 Å². The van der Waals surface area contributed by atoms with E-state index in [0.717, 1.165) is 20.6 Å². The van der Waals surface area contributed by atoms with Crippen molar-refractivity contribution in [1.82, 2.24) is 14.4 Å². The number of rotatable bonds is 4. The predicted molar refractivity (Wildman–Crippen MR) is 89.9 cm³/mol. The van der Waals surface area contributed by atoms with Gasteiger partial charge in [-0.2, -0.15) is 5.10 Å². The first kappa shape index (κ1) is 13.8. The number of anilines is 1. The van der Waals surface area contributed by atoms with E-state index in [1.165, 1.54) is 0 Å². The van der Waals surface area contributed by atoms with E-state index in [1.807, 2.05) is 35.0 Å². The molecule has 21 heavy (non-hydrogen) atoms. The Labute approximate surface area is 135 Å². The number of hydrazone groups is 1. The van der Waals surface area contributed by atoms with Crippen molar-refractivity contribution in [3.8, 4) is 5.88 Å². The Morgan fingerprint density at radius 3 is 2.95 bits per heavy atom. The molecule has 3 aromatic rings. The van der Waals surface area contributed by atoms with Gasteiger partial charge in [0, 0.05) is 22.0 Å². The van der Waals surface area contributed by atoms with E-state index in [4.69, 9.17) is 4.74 Å². The molecule has 0 aliphatic carbocycles. The van der Waals surface area contributed by atoms with Crippen molar-refractivity contribution >= 4 is 40.1 Å². The minimum absolute atomic E-state index is 0.569. The van der Waals surface area contributed by atoms with Crippen molar-refractivity contribution in [2.24, 2.45) is 5.10 Å². The molecule has 3 heterocycles. The molecule has 0 bridgehead atoms. The SMILES string of the molecule is COc1ccc(NN=Cc2cn3cc(I)ccc3n2)cn1. The highest BCUT2D eigenvalue weighted by Crippen LogP contribution is 2.11. The van der Waals surface area contributed by atoms with Crippen LogP contribution in [0.3, 0.4) is 0 Å². The fourth-order valence-corrected chi connectivity index (χ4v) is 2.27. The Kier molecular flexibility index (Phi) is 4.00. The molecular weight excluding hydrogens is 381 g/mol. The maximum absolute atomic E-state index is 5.00. The number of hydrogen-bond donors (Lipinski definition) is 1. The molecular formula is C14H12IN5O. The Balaban J connectivity index is 1.71. The number of aromatic nitrogens is 3. The highest BCUT2D eigenvalue weighted by Gasteiger charge is 1.99. The molecule has 3 aromatic heterocycles. The molecule has 0 aliphatic heterocycles.